The SMILES string of the molecule is CC(C)C(NC(=O)c1ccc(Cl)cc1)C(=O)NCC1CNC1.Cl. The van der Waals surface area contributed by atoms with Crippen molar-refractivity contribution >= 4 is 35.8 Å². The summed E-state index contributed by atoms with van der Waals surface area (Å²) >= 11 is 5.81. The number of rotatable bonds is 6. The van der Waals surface area contributed by atoms with E-state index in [9.17, 15) is 9.59 Å². The summed E-state index contributed by atoms with van der Waals surface area (Å²) in [6.45, 7) is 6.34. The second-order valence-corrected chi connectivity index (χ2v) is 6.41. The first-order valence-electron chi connectivity index (χ1n) is 7.52. The maximum absolute atomic E-state index is 12.3. The Balaban J connectivity index is 0.00000264. The average Bonchev–Trinajstić information content (AvgIpc) is 2.43. The van der Waals surface area contributed by atoms with Crippen LogP contribution in [0.5, 0.6) is 0 Å². The highest BCUT2D eigenvalue weighted by Gasteiger charge is 2.26. The van der Waals surface area contributed by atoms with Gasteiger partial charge in [0.2, 0.25) is 5.91 Å². The van der Waals surface area contributed by atoms with E-state index >= 15 is 0 Å². The number of benzene rings is 1. The second-order valence-electron chi connectivity index (χ2n) is 5.97. The zero-order valence-corrected chi connectivity index (χ0v) is 14.8. The Kier molecular flexibility index (Phi) is 7.82. The van der Waals surface area contributed by atoms with E-state index in [0.29, 0.717) is 23.0 Å². The van der Waals surface area contributed by atoms with Crippen molar-refractivity contribution in [2.24, 2.45) is 11.8 Å². The molecule has 1 atom stereocenters. The highest BCUT2D eigenvalue weighted by atomic mass is 35.5. The van der Waals surface area contributed by atoms with E-state index in [1.165, 1.54) is 0 Å². The third-order valence-corrected chi connectivity index (χ3v) is 4.03. The summed E-state index contributed by atoms with van der Waals surface area (Å²) in [7, 11) is 0. The molecule has 0 saturated carbocycles. The van der Waals surface area contributed by atoms with Gasteiger partial charge in [0.1, 0.15) is 6.04 Å². The van der Waals surface area contributed by atoms with Crippen LogP contribution in [0.2, 0.25) is 5.02 Å². The summed E-state index contributed by atoms with van der Waals surface area (Å²) in [5.74, 6) is 0.0968. The van der Waals surface area contributed by atoms with E-state index in [1.807, 2.05) is 13.8 Å². The van der Waals surface area contributed by atoms with Crippen LogP contribution in [0.25, 0.3) is 0 Å². The number of halogens is 2. The van der Waals surface area contributed by atoms with Crippen molar-refractivity contribution in [3.8, 4) is 0 Å². The van der Waals surface area contributed by atoms with Crippen LogP contribution in [0.15, 0.2) is 24.3 Å². The molecule has 0 radical (unpaired) electrons. The molecule has 5 nitrogen and oxygen atoms in total. The maximum atomic E-state index is 12.3. The van der Waals surface area contributed by atoms with Gasteiger partial charge < -0.3 is 16.0 Å². The minimum Gasteiger partial charge on any atom is -0.354 e. The molecule has 0 bridgehead atoms. The van der Waals surface area contributed by atoms with Crippen molar-refractivity contribution < 1.29 is 9.59 Å². The molecule has 2 rings (SSSR count). The summed E-state index contributed by atoms with van der Waals surface area (Å²) in [4.78, 5) is 24.5. The quantitative estimate of drug-likeness (QED) is 0.725. The molecule has 3 N–H and O–H groups in total. The summed E-state index contributed by atoms with van der Waals surface area (Å²) < 4.78 is 0. The molecule has 2 amide bonds. The Morgan fingerprint density at radius 2 is 1.87 bits per heavy atom. The number of hydrogen-bond acceptors (Lipinski definition) is 3. The fourth-order valence-electron chi connectivity index (χ4n) is 2.21. The Morgan fingerprint density at radius 1 is 1.26 bits per heavy atom. The lowest BCUT2D eigenvalue weighted by atomic mass is 10.0. The number of nitrogens with one attached hydrogen (secondary N) is 3. The molecule has 128 valence electrons. The van der Waals surface area contributed by atoms with Crippen molar-refractivity contribution in [2.75, 3.05) is 19.6 Å². The van der Waals surface area contributed by atoms with E-state index in [-0.39, 0.29) is 30.1 Å². The fraction of sp³-hybridized carbons (Fsp3) is 0.500. The largest absolute Gasteiger partial charge is 0.354 e. The van der Waals surface area contributed by atoms with Crippen LogP contribution in [-0.4, -0.2) is 37.5 Å². The molecule has 23 heavy (non-hydrogen) atoms. The number of amides is 2. The molecular weight excluding hydrogens is 337 g/mol. The van der Waals surface area contributed by atoms with E-state index in [4.69, 9.17) is 11.6 Å². The number of carbonyl (C=O) groups is 2. The van der Waals surface area contributed by atoms with Gasteiger partial charge in [-0.15, -0.1) is 12.4 Å². The Hall–Kier alpha value is -1.30. The van der Waals surface area contributed by atoms with E-state index in [0.717, 1.165) is 13.1 Å². The van der Waals surface area contributed by atoms with Gasteiger partial charge in [0.25, 0.3) is 5.91 Å². The summed E-state index contributed by atoms with van der Waals surface area (Å²) in [5, 5.41) is 9.46. The molecule has 1 heterocycles. The molecule has 1 aromatic carbocycles. The normalized spacial score (nSPS) is 15.3. The van der Waals surface area contributed by atoms with Crippen LogP contribution in [0.4, 0.5) is 0 Å². The second kappa shape index (κ2) is 9.11. The summed E-state index contributed by atoms with van der Waals surface area (Å²) in [5.41, 5.74) is 0.492. The zero-order valence-electron chi connectivity index (χ0n) is 13.3. The van der Waals surface area contributed by atoms with Crippen LogP contribution in [0.3, 0.4) is 0 Å². The van der Waals surface area contributed by atoms with Crippen LogP contribution in [0.1, 0.15) is 24.2 Å². The van der Waals surface area contributed by atoms with E-state index in [2.05, 4.69) is 16.0 Å². The molecule has 1 fully saturated rings. The molecule has 1 unspecified atom stereocenters. The van der Waals surface area contributed by atoms with Gasteiger partial charge in [-0.25, -0.2) is 0 Å². The minimum atomic E-state index is -0.545. The van der Waals surface area contributed by atoms with Crippen molar-refractivity contribution in [1.29, 1.82) is 0 Å². The van der Waals surface area contributed by atoms with Gasteiger partial charge in [-0.3, -0.25) is 9.59 Å². The molecular formula is C16H23Cl2N3O2. The molecule has 1 aliphatic rings. The highest BCUT2D eigenvalue weighted by molar-refractivity contribution is 6.30. The van der Waals surface area contributed by atoms with Crippen molar-refractivity contribution in [1.82, 2.24) is 16.0 Å². The molecule has 1 aliphatic heterocycles. The smallest absolute Gasteiger partial charge is 0.251 e. The van der Waals surface area contributed by atoms with Crippen molar-refractivity contribution in [3.05, 3.63) is 34.9 Å². The first-order chi connectivity index (χ1) is 10.5. The summed E-state index contributed by atoms with van der Waals surface area (Å²) in [6, 6.07) is 6.06. The number of carbonyl (C=O) groups excluding carboxylic acids is 2. The van der Waals surface area contributed by atoms with Gasteiger partial charge in [-0.1, -0.05) is 25.4 Å². The Morgan fingerprint density at radius 3 is 2.35 bits per heavy atom. The maximum Gasteiger partial charge on any atom is 0.251 e. The van der Waals surface area contributed by atoms with Gasteiger partial charge in [-0.2, -0.15) is 0 Å². The average molecular weight is 360 g/mol. The van der Waals surface area contributed by atoms with Crippen LogP contribution in [-0.2, 0) is 4.79 Å². The van der Waals surface area contributed by atoms with Gasteiger partial charge in [-0.05, 0) is 30.2 Å². The van der Waals surface area contributed by atoms with Crippen molar-refractivity contribution in [2.45, 2.75) is 19.9 Å². The highest BCUT2D eigenvalue weighted by Crippen LogP contribution is 2.11. The molecule has 0 aromatic heterocycles. The first kappa shape index (κ1) is 19.7. The lowest BCUT2D eigenvalue weighted by molar-refractivity contribution is -0.124. The lowest BCUT2D eigenvalue weighted by Gasteiger charge is -2.29. The zero-order chi connectivity index (χ0) is 16.1. The van der Waals surface area contributed by atoms with E-state index in [1.54, 1.807) is 24.3 Å². The third-order valence-electron chi connectivity index (χ3n) is 3.77. The molecule has 0 spiro atoms. The summed E-state index contributed by atoms with van der Waals surface area (Å²) in [6.07, 6.45) is 0. The van der Waals surface area contributed by atoms with Crippen molar-refractivity contribution in [3.63, 3.8) is 0 Å². The molecule has 1 aromatic rings. The van der Waals surface area contributed by atoms with Crippen LogP contribution >= 0.6 is 24.0 Å². The topological polar surface area (TPSA) is 70.2 Å². The minimum absolute atomic E-state index is 0. The third kappa shape index (κ3) is 5.68. The number of hydrogen-bond donors (Lipinski definition) is 3. The predicted molar refractivity (Wildman–Crippen MR) is 94.2 cm³/mol. The molecule has 0 aliphatic carbocycles. The first-order valence-corrected chi connectivity index (χ1v) is 7.90. The molecule has 1 saturated heterocycles. The van der Waals surface area contributed by atoms with Gasteiger partial charge >= 0.3 is 0 Å². The van der Waals surface area contributed by atoms with Gasteiger partial charge in [0.05, 0.1) is 0 Å². The molecule has 7 heteroatoms. The van der Waals surface area contributed by atoms with Crippen LogP contribution < -0.4 is 16.0 Å². The standard InChI is InChI=1S/C16H22ClN3O2.ClH/c1-10(2)14(16(22)19-9-11-7-18-8-11)20-15(21)12-3-5-13(17)6-4-12;/h3-6,10-11,14,18H,7-9H2,1-2H3,(H,19,22)(H,20,21);1H. The monoisotopic (exact) mass is 359 g/mol. The predicted octanol–water partition coefficient (Wildman–Crippen LogP) is 1.85. The van der Waals surface area contributed by atoms with Gasteiger partial charge in [0.15, 0.2) is 0 Å². The Labute approximate surface area is 148 Å². The van der Waals surface area contributed by atoms with Gasteiger partial charge in [0, 0.05) is 36.1 Å². The Bertz CT molecular complexity index is 531. The van der Waals surface area contributed by atoms with Crippen LogP contribution in [0, 0.1) is 11.8 Å². The lowest BCUT2D eigenvalue weighted by Crippen LogP contribution is -2.53. The van der Waals surface area contributed by atoms with E-state index < -0.39 is 6.04 Å². The fourth-order valence-corrected chi connectivity index (χ4v) is 2.33.